The molecule has 0 radical (unpaired) electrons. The molecule has 0 aliphatic heterocycles. The molecule has 0 N–H and O–H groups in total. The minimum absolute atomic E-state index is 0.0112. The lowest BCUT2D eigenvalue weighted by Crippen LogP contribution is -2.36. The van der Waals surface area contributed by atoms with Gasteiger partial charge in [-0.15, -0.1) is 13.2 Å². The Balaban J connectivity index is -0.000000423. The van der Waals surface area contributed by atoms with Crippen LogP contribution in [0, 0.1) is 27.1 Å². The van der Waals surface area contributed by atoms with Crippen LogP contribution in [0.15, 0.2) is 200 Å². The molecule has 0 saturated heterocycles. The standard InChI is InChI=1S/C12H21NO.C11H21NO.C11H19NO.3C11H15N.2C10H14N2.C10H19NO.C10H18O2/c1-6-9-13(11(14)7-2)10-8-12(3,4)5;1-6-10(13)12(7-2)9-8-11(3,4)5;1-6-8-12(10(13)7-2)9-11(3,4)5;1-5-10-8-9(6-7-12-10)11(2,3)4;1-5-10-9(11(2,3)4)7-6-8-12-10;1-5-9-7-6-8-10(12-9)11(2,3)4;1-5-8-6-9(10(2,3)4)12-7-11-8;1-5-9-11-7-6-8(12-9)10(2,3)4;1-6-9(12)11(7-2)8-10(3,4)5;1-6-7-9(11)12-8(2)10(3,4)5/h6-7H,1-2,8-10H2,3-5H3;6H,1,7-9H2,2-5H3;6-7H,1-2,8-9H2,3-5H3;3*5-8H,1H2,2-4H3;2*5-7H,1H2,2-4H3;6H,1,7-8H2,2-5H3;6-8H,1-5H3/b;;;;;;;;;7-6+. The van der Waals surface area contributed by atoms with Gasteiger partial charge in [0.15, 0.2) is 5.82 Å². The van der Waals surface area contributed by atoms with Crippen molar-refractivity contribution in [3.8, 4) is 0 Å². The summed E-state index contributed by atoms with van der Waals surface area (Å²) >= 11 is 0. The summed E-state index contributed by atoms with van der Waals surface area (Å²) in [5, 5.41) is 0. The van der Waals surface area contributed by atoms with Gasteiger partial charge in [0.25, 0.3) is 0 Å². The van der Waals surface area contributed by atoms with Gasteiger partial charge in [0.05, 0.1) is 22.8 Å². The number of aromatic nitrogens is 7. The van der Waals surface area contributed by atoms with E-state index in [2.05, 4.69) is 306 Å². The first-order chi connectivity index (χ1) is 56.7. The lowest BCUT2D eigenvalue weighted by molar-refractivity contribution is -0.147. The van der Waals surface area contributed by atoms with E-state index in [0.717, 1.165) is 92.0 Å². The molecule has 0 spiro atoms. The van der Waals surface area contributed by atoms with Gasteiger partial charge in [0.2, 0.25) is 23.6 Å². The molecule has 690 valence electrons. The van der Waals surface area contributed by atoms with Gasteiger partial charge in [-0.25, -0.2) is 24.7 Å². The lowest BCUT2D eigenvalue weighted by Gasteiger charge is -2.28. The fourth-order valence-corrected chi connectivity index (χ4v) is 9.74. The van der Waals surface area contributed by atoms with Crippen molar-refractivity contribution in [3.05, 3.63) is 257 Å². The van der Waals surface area contributed by atoms with Crippen molar-refractivity contribution in [3.63, 3.8) is 0 Å². The van der Waals surface area contributed by atoms with Crippen molar-refractivity contribution in [1.82, 2.24) is 54.5 Å². The molecule has 1 unspecified atom stereocenters. The van der Waals surface area contributed by atoms with Crippen molar-refractivity contribution in [1.29, 1.82) is 0 Å². The van der Waals surface area contributed by atoms with E-state index in [4.69, 9.17) is 4.74 Å². The minimum Gasteiger partial charge on any atom is -0.459 e. The van der Waals surface area contributed by atoms with Gasteiger partial charge in [0, 0.05) is 110 Å². The SMILES string of the molecule is C/C=C/C(=O)OC(C)C(C)(C)C.C=CC(=O)N(CC)CC(C)(C)C.C=CC(=O)N(CC)CCC(C)(C)C.C=CCN(CC(C)(C)C)C(=O)C=C.C=CCN(CCC(C)(C)C)C(=O)C=C.C=Cc1cc(C(C)(C)C)ccn1.C=Cc1cc(C(C)(C)C)ncn1.C=Cc1cccc(C(C)(C)C)n1.C=Cc1nccc(C(C)(C)C)n1.C=Cc1ncccc1C(C)(C)C. The topological polar surface area (TPSA) is 198 Å². The van der Waals surface area contributed by atoms with Crippen molar-refractivity contribution in [2.24, 2.45) is 27.1 Å². The minimum atomic E-state index is -0.264. The number of carbonyl (C=O) groups excluding carboxylic acids is 5. The summed E-state index contributed by atoms with van der Waals surface area (Å²) in [6.45, 7) is 117. The van der Waals surface area contributed by atoms with Crippen LogP contribution in [0.25, 0.3) is 30.4 Å². The van der Waals surface area contributed by atoms with Crippen molar-refractivity contribution >= 4 is 60.0 Å². The van der Waals surface area contributed by atoms with E-state index in [-0.39, 0.29) is 89.9 Å². The first kappa shape index (κ1) is 122. The van der Waals surface area contributed by atoms with Crippen LogP contribution in [0.2, 0.25) is 0 Å². The number of amides is 4. The number of hydrogen-bond donors (Lipinski definition) is 0. The predicted octanol–water partition coefficient (Wildman–Crippen LogP) is 25.8. The highest BCUT2D eigenvalue weighted by molar-refractivity contribution is 5.88. The number of rotatable bonds is 23. The maximum atomic E-state index is 11.4. The molecule has 5 aromatic rings. The second kappa shape index (κ2) is 59.6. The van der Waals surface area contributed by atoms with Crippen molar-refractivity contribution in [2.75, 3.05) is 52.4 Å². The van der Waals surface area contributed by atoms with E-state index in [9.17, 15) is 24.0 Å². The monoisotopic (exact) mass is 1710 g/mol. The third-order valence-corrected chi connectivity index (χ3v) is 17.6. The molecule has 5 rings (SSSR count). The van der Waals surface area contributed by atoms with Crippen LogP contribution >= 0.6 is 0 Å². The Morgan fingerprint density at radius 3 is 1.22 bits per heavy atom. The summed E-state index contributed by atoms with van der Waals surface area (Å²) in [4.78, 5) is 92.8. The zero-order valence-corrected chi connectivity index (χ0v) is 84.3. The molecule has 0 aliphatic rings. The van der Waals surface area contributed by atoms with Gasteiger partial charge in [-0.3, -0.25) is 34.1 Å². The van der Waals surface area contributed by atoms with Gasteiger partial charge in [-0.2, -0.15) is 0 Å². The summed E-state index contributed by atoms with van der Waals surface area (Å²) in [5.74, 6) is 0.436. The molecule has 0 bridgehead atoms. The largest absolute Gasteiger partial charge is 0.459 e. The summed E-state index contributed by atoms with van der Waals surface area (Å²) in [7, 11) is 0. The first-order valence-electron chi connectivity index (χ1n) is 43.1. The second-order valence-electron chi connectivity index (χ2n) is 40.6. The summed E-state index contributed by atoms with van der Waals surface area (Å²) < 4.78 is 5.13. The number of allylic oxidation sites excluding steroid dienone is 1. The molecule has 5 aromatic heterocycles. The van der Waals surface area contributed by atoms with Crippen LogP contribution in [0.1, 0.15) is 305 Å². The number of hydrogen-bond acceptors (Lipinski definition) is 13. The molecule has 0 saturated carbocycles. The first-order valence-corrected chi connectivity index (χ1v) is 43.1. The van der Waals surface area contributed by atoms with Crippen molar-refractivity contribution in [2.45, 2.75) is 281 Å². The van der Waals surface area contributed by atoms with Gasteiger partial charge in [-0.05, 0) is 187 Å². The van der Waals surface area contributed by atoms with Crippen LogP contribution in [-0.2, 0) is 55.8 Å². The molecule has 4 amide bonds. The number of ether oxygens (including phenoxy) is 1. The van der Waals surface area contributed by atoms with Crippen LogP contribution in [0.5, 0.6) is 0 Å². The Hall–Kier alpha value is -10.2. The molecular weight excluding hydrogens is 1540 g/mol. The zero-order valence-electron chi connectivity index (χ0n) is 84.3. The van der Waals surface area contributed by atoms with Crippen molar-refractivity contribution < 1.29 is 28.7 Å². The fourth-order valence-electron chi connectivity index (χ4n) is 9.74. The van der Waals surface area contributed by atoms with Gasteiger partial charge in [-0.1, -0.05) is 297 Å². The summed E-state index contributed by atoms with van der Waals surface area (Å²) in [6.07, 6.45) is 29.7. The second-order valence-corrected chi connectivity index (χ2v) is 40.6. The average molecular weight is 1710 g/mol. The van der Waals surface area contributed by atoms with Crippen LogP contribution < -0.4 is 0 Å². The third kappa shape index (κ3) is 61.2. The fraction of sp³-hybridized carbons (Fsp3) is 0.514. The van der Waals surface area contributed by atoms with E-state index in [1.54, 1.807) is 89.0 Å². The number of carbonyl (C=O) groups is 5. The Bertz CT molecular complexity index is 3840. The van der Waals surface area contributed by atoms with E-state index in [1.807, 2.05) is 95.1 Å². The molecule has 1 atom stereocenters. The number of esters is 1. The smallest absolute Gasteiger partial charge is 0.330 e. The number of nitrogens with zero attached hydrogens (tertiary/aromatic N) is 11. The highest BCUT2D eigenvalue weighted by Crippen LogP contribution is 2.28. The van der Waals surface area contributed by atoms with Crippen LogP contribution in [0.3, 0.4) is 0 Å². The number of likely N-dealkylation sites (N-methyl/N-ethyl adjacent to an activating group) is 2. The lowest BCUT2D eigenvalue weighted by atomic mass is 9.86. The predicted molar refractivity (Wildman–Crippen MR) is 536 cm³/mol. The molecular formula is C107H171N11O6. The molecule has 0 fully saturated rings. The highest BCUT2D eigenvalue weighted by Gasteiger charge is 2.25. The van der Waals surface area contributed by atoms with E-state index >= 15 is 0 Å². The molecule has 5 heterocycles. The van der Waals surface area contributed by atoms with Crippen LogP contribution in [0.4, 0.5) is 0 Å². The Morgan fingerprint density at radius 1 is 0.403 bits per heavy atom. The molecule has 0 aromatic carbocycles. The Kier molecular flexibility index (Phi) is 58.8. The molecule has 124 heavy (non-hydrogen) atoms. The van der Waals surface area contributed by atoms with E-state index in [0.29, 0.717) is 18.9 Å². The number of pyridine rings is 3. The van der Waals surface area contributed by atoms with E-state index in [1.165, 1.54) is 41.5 Å². The van der Waals surface area contributed by atoms with Crippen LogP contribution in [-0.4, -0.2) is 143 Å². The normalized spacial score (nSPS) is 11.4. The molecule has 17 nitrogen and oxygen atoms in total. The average Bonchev–Trinajstić information content (AvgIpc) is 0.871. The van der Waals surface area contributed by atoms with Gasteiger partial charge in [0.1, 0.15) is 12.4 Å². The summed E-state index contributed by atoms with van der Waals surface area (Å²) in [5.41, 5.74) is 11.0. The highest BCUT2D eigenvalue weighted by atomic mass is 16.5. The van der Waals surface area contributed by atoms with Gasteiger partial charge < -0.3 is 24.3 Å². The Labute approximate surface area is 757 Å². The third-order valence-electron chi connectivity index (χ3n) is 17.6. The summed E-state index contributed by atoms with van der Waals surface area (Å²) in [6, 6.07) is 18.1. The molecule has 17 heteroatoms. The quantitative estimate of drug-likeness (QED) is 0.0340. The maximum absolute atomic E-state index is 11.4. The zero-order chi connectivity index (χ0) is 97.7. The van der Waals surface area contributed by atoms with E-state index < -0.39 is 0 Å². The maximum Gasteiger partial charge on any atom is 0.330 e. The Morgan fingerprint density at radius 2 is 0.831 bits per heavy atom. The van der Waals surface area contributed by atoms with Gasteiger partial charge >= 0.3 is 5.97 Å². The molecule has 0 aliphatic carbocycles.